The van der Waals surface area contributed by atoms with E-state index < -0.39 is 5.97 Å². The highest BCUT2D eigenvalue weighted by atomic mass is 79.9. The molecule has 7 heteroatoms. The maximum absolute atomic E-state index is 11.0. The molecule has 0 bridgehead atoms. The molecule has 1 aromatic heterocycles. The molecule has 0 saturated heterocycles. The molecule has 0 aliphatic heterocycles. The Kier molecular flexibility index (Phi) is 4.86. The average molecular weight is 339 g/mol. The van der Waals surface area contributed by atoms with Gasteiger partial charge in [0.25, 0.3) is 0 Å². The zero-order valence-electron chi connectivity index (χ0n) is 11.0. The number of aliphatic carboxylic acids is 1. The first kappa shape index (κ1) is 14.7. The number of aromatic nitrogens is 3. The monoisotopic (exact) mass is 338 g/mol. The largest absolute Gasteiger partial charge is 0.480 e. The second kappa shape index (κ2) is 6.62. The lowest BCUT2D eigenvalue weighted by atomic mass is 10.2. The molecule has 0 saturated carbocycles. The molecule has 1 N–H and O–H groups in total. The molecule has 0 atom stereocenters. The molecule has 2 rings (SSSR count). The number of hydrogen-bond donors (Lipinski definition) is 1. The molecule has 0 radical (unpaired) electrons. The number of hydrogen-bond acceptors (Lipinski definition) is 4. The number of rotatable bonds is 6. The first-order chi connectivity index (χ1) is 9.54. The van der Waals surface area contributed by atoms with Crippen molar-refractivity contribution in [2.45, 2.75) is 13.1 Å². The summed E-state index contributed by atoms with van der Waals surface area (Å²) in [6.45, 7) is 0.934. The Morgan fingerprint density at radius 1 is 1.40 bits per heavy atom. The molecule has 0 aliphatic carbocycles. The van der Waals surface area contributed by atoms with Gasteiger partial charge in [-0.25, -0.2) is 0 Å². The first-order valence-electron chi connectivity index (χ1n) is 6.07. The highest BCUT2D eigenvalue weighted by Gasteiger charge is 2.14. The van der Waals surface area contributed by atoms with E-state index in [0.29, 0.717) is 13.1 Å². The van der Waals surface area contributed by atoms with Gasteiger partial charge in [0.2, 0.25) is 0 Å². The predicted octanol–water partition coefficient (Wildman–Crippen LogP) is 1.66. The quantitative estimate of drug-likeness (QED) is 0.867. The average Bonchev–Trinajstić information content (AvgIpc) is 2.77. The zero-order valence-corrected chi connectivity index (χ0v) is 12.6. The van der Waals surface area contributed by atoms with E-state index in [1.54, 1.807) is 13.2 Å². The van der Waals surface area contributed by atoms with E-state index in [4.69, 9.17) is 5.11 Å². The van der Waals surface area contributed by atoms with E-state index in [0.717, 1.165) is 15.7 Å². The third-order valence-corrected chi connectivity index (χ3v) is 3.52. The minimum Gasteiger partial charge on any atom is -0.480 e. The van der Waals surface area contributed by atoms with Crippen LogP contribution in [-0.2, 0) is 24.9 Å². The third kappa shape index (κ3) is 4.14. The van der Waals surface area contributed by atoms with Crippen LogP contribution in [0, 0.1) is 0 Å². The van der Waals surface area contributed by atoms with Crippen LogP contribution < -0.4 is 0 Å². The van der Waals surface area contributed by atoms with Crippen LogP contribution in [0.5, 0.6) is 0 Å². The van der Waals surface area contributed by atoms with E-state index >= 15 is 0 Å². The van der Waals surface area contributed by atoms with Gasteiger partial charge >= 0.3 is 5.97 Å². The van der Waals surface area contributed by atoms with Gasteiger partial charge < -0.3 is 5.11 Å². The van der Waals surface area contributed by atoms with Crippen LogP contribution in [0.2, 0.25) is 0 Å². The summed E-state index contributed by atoms with van der Waals surface area (Å²) < 4.78 is 0.967. The van der Waals surface area contributed by atoms with Gasteiger partial charge in [0.05, 0.1) is 18.4 Å². The van der Waals surface area contributed by atoms with E-state index in [1.807, 2.05) is 29.2 Å². The molecular formula is C13H15BrN4O2. The van der Waals surface area contributed by atoms with Gasteiger partial charge in [0, 0.05) is 24.6 Å². The van der Waals surface area contributed by atoms with Crippen molar-refractivity contribution in [2.24, 2.45) is 7.05 Å². The van der Waals surface area contributed by atoms with Crippen LogP contribution >= 0.6 is 15.9 Å². The van der Waals surface area contributed by atoms with Gasteiger partial charge in [-0.15, -0.1) is 0 Å². The summed E-state index contributed by atoms with van der Waals surface area (Å²) in [6.07, 6.45) is 1.65. The smallest absolute Gasteiger partial charge is 0.317 e. The van der Waals surface area contributed by atoms with Crippen molar-refractivity contribution in [3.8, 4) is 0 Å². The Morgan fingerprint density at radius 3 is 2.75 bits per heavy atom. The second-order valence-electron chi connectivity index (χ2n) is 4.46. The lowest BCUT2D eigenvalue weighted by molar-refractivity contribution is -0.138. The zero-order chi connectivity index (χ0) is 14.5. The molecule has 1 heterocycles. The summed E-state index contributed by atoms with van der Waals surface area (Å²) >= 11 is 3.47. The molecule has 20 heavy (non-hydrogen) atoms. The maximum atomic E-state index is 11.0. The van der Waals surface area contributed by atoms with Crippen molar-refractivity contribution in [1.29, 1.82) is 0 Å². The van der Waals surface area contributed by atoms with Crippen LogP contribution in [0.15, 0.2) is 34.9 Å². The van der Waals surface area contributed by atoms with E-state index in [9.17, 15) is 4.79 Å². The van der Waals surface area contributed by atoms with Crippen LogP contribution in [0.3, 0.4) is 0 Å². The van der Waals surface area contributed by atoms with Crippen molar-refractivity contribution in [3.05, 3.63) is 46.2 Å². The fourth-order valence-electron chi connectivity index (χ4n) is 1.92. The topological polar surface area (TPSA) is 71.2 Å². The molecule has 0 aliphatic rings. The van der Waals surface area contributed by atoms with E-state index in [2.05, 4.69) is 26.1 Å². The summed E-state index contributed by atoms with van der Waals surface area (Å²) in [5, 5.41) is 17.2. The van der Waals surface area contributed by atoms with Gasteiger partial charge in [-0.05, 0) is 11.6 Å². The van der Waals surface area contributed by atoms with Gasteiger partial charge in [0.1, 0.15) is 0 Å². The molecular weight excluding hydrogens is 324 g/mol. The van der Waals surface area contributed by atoms with Crippen molar-refractivity contribution in [2.75, 3.05) is 6.54 Å². The Hall–Kier alpha value is -1.73. The molecule has 0 fully saturated rings. The number of benzene rings is 1. The summed E-state index contributed by atoms with van der Waals surface area (Å²) in [4.78, 5) is 14.3. The predicted molar refractivity (Wildman–Crippen MR) is 76.9 cm³/mol. The minimum atomic E-state index is -0.860. The molecule has 0 amide bonds. The fourth-order valence-corrected chi connectivity index (χ4v) is 2.33. The summed E-state index contributed by atoms with van der Waals surface area (Å²) in [7, 11) is 1.73. The highest BCUT2D eigenvalue weighted by molar-refractivity contribution is 9.10. The molecule has 106 valence electrons. The molecule has 0 unspecified atom stereocenters. The Labute approximate surface area is 125 Å². The fraction of sp³-hybridized carbons (Fsp3) is 0.308. The van der Waals surface area contributed by atoms with Gasteiger partial charge in [0.15, 0.2) is 0 Å². The van der Waals surface area contributed by atoms with Crippen molar-refractivity contribution < 1.29 is 9.90 Å². The third-order valence-electron chi connectivity index (χ3n) is 2.74. The lowest BCUT2D eigenvalue weighted by Crippen LogP contribution is -2.29. The maximum Gasteiger partial charge on any atom is 0.317 e. The highest BCUT2D eigenvalue weighted by Crippen LogP contribution is 2.18. The number of aryl methyl sites for hydroxylation is 1. The second-order valence-corrected chi connectivity index (χ2v) is 5.31. The number of nitrogens with zero attached hydrogens (tertiary/aromatic N) is 4. The number of carboxylic acids is 1. The van der Waals surface area contributed by atoms with Gasteiger partial charge in [-0.2, -0.15) is 15.0 Å². The SMILES string of the molecule is Cn1ncc(CN(CC(=O)O)Cc2ccccc2Br)n1. The Bertz CT molecular complexity index is 600. The van der Waals surface area contributed by atoms with Crippen LogP contribution in [0.25, 0.3) is 0 Å². The molecule has 1 aromatic carbocycles. The van der Waals surface area contributed by atoms with Gasteiger partial charge in [-0.1, -0.05) is 34.1 Å². The number of halogens is 1. The van der Waals surface area contributed by atoms with Crippen molar-refractivity contribution >= 4 is 21.9 Å². The minimum absolute atomic E-state index is 0.0437. The molecule has 0 spiro atoms. The summed E-state index contributed by atoms with van der Waals surface area (Å²) in [6, 6.07) is 7.77. The first-order valence-corrected chi connectivity index (χ1v) is 6.86. The number of carbonyl (C=O) groups is 1. The summed E-state index contributed by atoms with van der Waals surface area (Å²) in [5.41, 5.74) is 1.79. The van der Waals surface area contributed by atoms with Crippen LogP contribution in [-0.4, -0.2) is 37.5 Å². The van der Waals surface area contributed by atoms with Crippen molar-refractivity contribution in [3.63, 3.8) is 0 Å². The van der Waals surface area contributed by atoms with Gasteiger partial charge in [-0.3, -0.25) is 9.69 Å². The van der Waals surface area contributed by atoms with Crippen LogP contribution in [0.4, 0.5) is 0 Å². The Morgan fingerprint density at radius 2 is 2.15 bits per heavy atom. The van der Waals surface area contributed by atoms with E-state index in [1.165, 1.54) is 4.80 Å². The lowest BCUT2D eigenvalue weighted by Gasteiger charge is -2.19. The normalized spacial score (nSPS) is 10.9. The molecule has 6 nitrogen and oxygen atoms in total. The van der Waals surface area contributed by atoms with E-state index in [-0.39, 0.29) is 6.54 Å². The Balaban J connectivity index is 2.11. The standard InChI is InChI=1S/C13H15BrN4O2/c1-17-15-6-11(16-17)8-18(9-13(19)20)7-10-4-2-3-5-12(10)14/h2-6H,7-9H2,1H3,(H,19,20). The molecule has 2 aromatic rings. The van der Waals surface area contributed by atoms with Crippen LogP contribution in [0.1, 0.15) is 11.3 Å². The summed E-state index contributed by atoms with van der Waals surface area (Å²) in [5.74, 6) is -0.860. The number of carboxylic acid groups (broad SMARTS) is 1. The van der Waals surface area contributed by atoms with Crippen molar-refractivity contribution in [1.82, 2.24) is 19.9 Å².